The fourth-order valence-electron chi connectivity index (χ4n) is 2.23. The zero-order chi connectivity index (χ0) is 14.3. The second kappa shape index (κ2) is 4.59. The molecular weight excluding hydrogens is 258 g/mol. The second-order valence-electron chi connectivity index (χ2n) is 4.73. The van der Waals surface area contributed by atoms with Crippen LogP contribution in [0.2, 0.25) is 0 Å². The third-order valence-corrected chi connectivity index (χ3v) is 3.48. The fourth-order valence-corrected chi connectivity index (χ4v) is 2.23. The standard InChI is InChI=1S/C15H15NO4/c1-8-4-11(15(17)16-9(8)2)10-5-13-14(20-7-19-13)6-12(10)18-3/h4-6H,7H2,1-3H3,(H,16,17). The Balaban J connectivity index is 2.24. The largest absolute Gasteiger partial charge is 0.496 e. The minimum atomic E-state index is -0.148. The first-order chi connectivity index (χ1) is 9.60. The Bertz CT molecular complexity index is 733. The van der Waals surface area contributed by atoms with Gasteiger partial charge in [-0.15, -0.1) is 0 Å². The van der Waals surface area contributed by atoms with Gasteiger partial charge in [0.2, 0.25) is 6.79 Å². The van der Waals surface area contributed by atoms with Crippen LogP contribution in [0.15, 0.2) is 23.0 Å². The molecule has 104 valence electrons. The van der Waals surface area contributed by atoms with Crippen molar-refractivity contribution in [3.05, 3.63) is 39.8 Å². The lowest BCUT2D eigenvalue weighted by molar-refractivity contribution is 0.174. The minimum Gasteiger partial charge on any atom is -0.496 e. The van der Waals surface area contributed by atoms with Gasteiger partial charge in [0.15, 0.2) is 11.5 Å². The topological polar surface area (TPSA) is 60.6 Å². The lowest BCUT2D eigenvalue weighted by atomic mass is 10.0. The van der Waals surface area contributed by atoms with Crippen molar-refractivity contribution in [2.75, 3.05) is 13.9 Å². The molecule has 0 amide bonds. The highest BCUT2D eigenvalue weighted by molar-refractivity contribution is 5.74. The average molecular weight is 273 g/mol. The first-order valence-corrected chi connectivity index (χ1v) is 6.28. The number of benzene rings is 1. The van der Waals surface area contributed by atoms with Crippen molar-refractivity contribution < 1.29 is 14.2 Å². The van der Waals surface area contributed by atoms with E-state index in [1.165, 1.54) is 0 Å². The number of ether oxygens (including phenoxy) is 3. The van der Waals surface area contributed by atoms with Crippen molar-refractivity contribution in [2.45, 2.75) is 13.8 Å². The molecular formula is C15H15NO4. The zero-order valence-corrected chi connectivity index (χ0v) is 11.6. The molecule has 5 nitrogen and oxygen atoms in total. The van der Waals surface area contributed by atoms with E-state index in [0.29, 0.717) is 28.4 Å². The number of nitrogens with one attached hydrogen (secondary N) is 1. The minimum absolute atomic E-state index is 0.148. The first-order valence-electron chi connectivity index (χ1n) is 6.28. The van der Waals surface area contributed by atoms with Gasteiger partial charge >= 0.3 is 0 Å². The molecule has 5 heteroatoms. The maximum Gasteiger partial charge on any atom is 0.256 e. The van der Waals surface area contributed by atoms with Crippen LogP contribution in [0.5, 0.6) is 17.2 Å². The van der Waals surface area contributed by atoms with Crippen LogP contribution in [-0.2, 0) is 0 Å². The molecule has 1 aliphatic rings. The van der Waals surface area contributed by atoms with Crippen LogP contribution >= 0.6 is 0 Å². The number of aromatic nitrogens is 1. The molecule has 0 aliphatic carbocycles. The van der Waals surface area contributed by atoms with Gasteiger partial charge in [-0.05, 0) is 31.5 Å². The van der Waals surface area contributed by atoms with Crippen LogP contribution in [0.25, 0.3) is 11.1 Å². The smallest absolute Gasteiger partial charge is 0.256 e. The van der Waals surface area contributed by atoms with E-state index in [1.54, 1.807) is 19.2 Å². The third kappa shape index (κ3) is 1.91. The van der Waals surface area contributed by atoms with Crippen molar-refractivity contribution in [3.63, 3.8) is 0 Å². The van der Waals surface area contributed by atoms with Crippen LogP contribution in [-0.4, -0.2) is 18.9 Å². The molecule has 0 atom stereocenters. The molecule has 1 aromatic carbocycles. The van der Waals surface area contributed by atoms with Gasteiger partial charge in [-0.1, -0.05) is 0 Å². The number of rotatable bonds is 2. The number of methoxy groups -OCH3 is 1. The normalized spacial score (nSPS) is 12.6. The molecule has 2 aromatic rings. The van der Waals surface area contributed by atoms with Gasteiger partial charge in [0.25, 0.3) is 5.56 Å². The predicted molar refractivity (Wildman–Crippen MR) is 74.6 cm³/mol. The van der Waals surface area contributed by atoms with E-state index in [4.69, 9.17) is 14.2 Å². The monoisotopic (exact) mass is 273 g/mol. The molecule has 0 saturated heterocycles. The number of hydrogen-bond donors (Lipinski definition) is 1. The number of aryl methyl sites for hydroxylation is 2. The third-order valence-electron chi connectivity index (χ3n) is 3.48. The van der Waals surface area contributed by atoms with Crippen molar-refractivity contribution in [1.82, 2.24) is 4.98 Å². The van der Waals surface area contributed by atoms with Crippen molar-refractivity contribution in [3.8, 4) is 28.4 Å². The summed E-state index contributed by atoms with van der Waals surface area (Å²) in [7, 11) is 1.57. The quantitative estimate of drug-likeness (QED) is 0.912. The lowest BCUT2D eigenvalue weighted by Crippen LogP contribution is -2.11. The Labute approximate surface area is 116 Å². The molecule has 0 radical (unpaired) electrons. The Kier molecular flexibility index (Phi) is 2.89. The van der Waals surface area contributed by atoms with Crippen molar-refractivity contribution >= 4 is 0 Å². The number of pyridine rings is 1. The first kappa shape index (κ1) is 12.6. The zero-order valence-electron chi connectivity index (χ0n) is 11.6. The van der Waals surface area contributed by atoms with Gasteiger partial charge < -0.3 is 19.2 Å². The SMILES string of the molecule is COc1cc2c(cc1-c1cc(C)c(C)[nH]c1=O)OCO2. The summed E-state index contributed by atoms with van der Waals surface area (Å²) in [6.07, 6.45) is 0. The van der Waals surface area contributed by atoms with E-state index in [2.05, 4.69) is 4.98 Å². The van der Waals surface area contributed by atoms with Crippen LogP contribution in [0.1, 0.15) is 11.3 Å². The second-order valence-corrected chi connectivity index (χ2v) is 4.73. The van der Waals surface area contributed by atoms with E-state index in [-0.39, 0.29) is 12.4 Å². The summed E-state index contributed by atoms with van der Waals surface area (Å²) >= 11 is 0. The van der Waals surface area contributed by atoms with Gasteiger partial charge in [-0.25, -0.2) is 0 Å². The van der Waals surface area contributed by atoms with Crippen LogP contribution < -0.4 is 19.8 Å². The molecule has 0 spiro atoms. The Morgan fingerprint density at radius 3 is 2.50 bits per heavy atom. The summed E-state index contributed by atoms with van der Waals surface area (Å²) in [6, 6.07) is 5.38. The van der Waals surface area contributed by atoms with Crippen molar-refractivity contribution in [2.24, 2.45) is 0 Å². The van der Waals surface area contributed by atoms with Gasteiger partial charge in [-0.3, -0.25) is 4.79 Å². The van der Waals surface area contributed by atoms with Crippen LogP contribution in [0.4, 0.5) is 0 Å². The Hall–Kier alpha value is -2.43. The highest BCUT2D eigenvalue weighted by Gasteiger charge is 2.20. The summed E-state index contributed by atoms with van der Waals surface area (Å²) in [6.45, 7) is 4.01. The summed E-state index contributed by atoms with van der Waals surface area (Å²) in [5, 5.41) is 0. The van der Waals surface area contributed by atoms with Crippen LogP contribution in [0, 0.1) is 13.8 Å². The number of H-pyrrole nitrogens is 1. The van der Waals surface area contributed by atoms with Gasteiger partial charge in [0, 0.05) is 17.3 Å². The highest BCUT2D eigenvalue weighted by Crippen LogP contribution is 2.41. The van der Waals surface area contributed by atoms with Gasteiger partial charge in [0.1, 0.15) is 5.75 Å². The summed E-state index contributed by atoms with van der Waals surface area (Å²) in [5.41, 5.74) is 2.98. The van der Waals surface area contributed by atoms with E-state index in [0.717, 1.165) is 11.3 Å². The van der Waals surface area contributed by atoms with Crippen LogP contribution in [0.3, 0.4) is 0 Å². The predicted octanol–water partition coefficient (Wildman–Crippen LogP) is 2.40. The molecule has 3 rings (SSSR count). The summed E-state index contributed by atoms with van der Waals surface area (Å²) in [4.78, 5) is 15.0. The van der Waals surface area contributed by atoms with E-state index in [1.807, 2.05) is 19.9 Å². The molecule has 0 fully saturated rings. The molecule has 20 heavy (non-hydrogen) atoms. The molecule has 1 N–H and O–H groups in total. The Morgan fingerprint density at radius 1 is 1.10 bits per heavy atom. The number of fused-ring (bicyclic) bond motifs is 1. The van der Waals surface area contributed by atoms with E-state index in [9.17, 15) is 4.79 Å². The molecule has 0 saturated carbocycles. The molecule has 0 bridgehead atoms. The summed E-state index contributed by atoms with van der Waals surface area (Å²) < 4.78 is 16.0. The number of aromatic amines is 1. The highest BCUT2D eigenvalue weighted by atomic mass is 16.7. The maximum absolute atomic E-state index is 12.2. The van der Waals surface area contributed by atoms with E-state index >= 15 is 0 Å². The van der Waals surface area contributed by atoms with E-state index < -0.39 is 0 Å². The molecule has 1 aliphatic heterocycles. The number of hydrogen-bond acceptors (Lipinski definition) is 4. The van der Waals surface area contributed by atoms with Crippen molar-refractivity contribution in [1.29, 1.82) is 0 Å². The maximum atomic E-state index is 12.2. The fraction of sp³-hybridized carbons (Fsp3) is 0.267. The lowest BCUT2D eigenvalue weighted by Gasteiger charge is -2.11. The summed E-state index contributed by atoms with van der Waals surface area (Å²) in [5.74, 6) is 1.84. The van der Waals surface area contributed by atoms with Gasteiger partial charge in [-0.2, -0.15) is 0 Å². The molecule has 1 aromatic heterocycles. The average Bonchev–Trinajstić information content (AvgIpc) is 2.88. The Morgan fingerprint density at radius 2 is 1.80 bits per heavy atom. The molecule has 0 unspecified atom stereocenters. The van der Waals surface area contributed by atoms with Gasteiger partial charge in [0.05, 0.1) is 12.7 Å². The molecule has 2 heterocycles.